The second kappa shape index (κ2) is 6.89. The highest BCUT2D eigenvalue weighted by atomic mass is 16.4. The Morgan fingerprint density at radius 3 is 2.21 bits per heavy atom. The number of carbonyl (C=O) groups is 1. The third-order valence-electron chi connectivity index (χ3n) is 13.0. The molecule has 0 amide bonds. The van der Waals surface area contributed by atoms with Crippen molar-refractivity contribution in [2.75, 3.05) is 0 Å². The van der Waals surface area contributed by atoms with Crippen LogP contribution in [0.5, 0.6) is 0 Å². The molecule has 3 heteroatoms. The van der Waals surface area contributed by atoms with Crippen molar-refractivity contribution < 1.29 is 15.0 Å². The molecule has 0 aliphatic heterocycles. The predicted octanol–water partition coefficient (Wildman–Crippen LogP) is 7.23. The minimum absolute atomic E-state index is 0.0301. The van der Waals surface area contributed by atoms with Gasteiger partial charge in [0.1, 0.15) is 0 Å². The topological polar surface area (TPSA) is 57.5 Å². The Morgan fingerprint density at radius 1 is 0.879 bits per heavy atom. The molecule has 4 fully saturated rings. The molecule has 2 unspecified atom stereocenters. The second-order valence-corrected chi connectivity index (χ2v) is 15.1. The molecule has 3 nitrogen and oxygen atoms in total. The summed E-state index contributed by atoms with van der Waals surface area (Å²) in [7, 11) is 0. The average Bonchev–Trinajstić information content (AvgIpc) is 2.71. The van der Waals surface area contributed by atoms with E-state index in [1.165, 1.54) is 18.4 Å². The van der Waals surface area contributed by atoms with Crippen LogP contribution in [0, 0.1) is 50.2 Å². The molecule has 2 N–H and O–H groups in total. The summed E-state index contributed by atoms with van der Waals surface area (Å²) in [5, 5.41) is 21.4. The number of aliphatic carboxylic acids is 1. The van der Waals surface area contributed by atoms with Gasteiger partial charge < -0.3 is 10.2 Å². The van der Waals surface area contributed by atoms with Crippen molar-refractivity contribution in [1.82, 2.24) is 0 Å². The highest BCUT2D eigenvalue weighted by Crippen LogP contribution is 2.75. The summed E-state index contributed by atoms with van der Waals surface area (Å²) in [6, 6.07) is 0. The lowest BCUT2D eigenvalue weighted by molar-refractivity contribution is -0.205. The molecule has 5 aliphatic rings. The number of allylic oxidation sites excluding steroid dienone is 2. The van der Waals surface area contributed by atoms with Gasteiger partial charge in [-0.2, -0.15) is 0 Å². The SMILES string of the molecule is CC1(C)CC[C@]2(C(=O)O)CC[C@]3(C)C(=CCC4[C@@]5(C)CC[C@@H](O)C(C)(C)C5CC[C@]43C)[C@@H]2C1. The number of rotatable bonds is 1. The van der Waals surface area contributed by atoms with Gasteiger partial charge >= 0.3 is 5.97 Å². The van der Waals surface area contributed by atoms with Crippen LogP contribution in [0.2, 0.25) is 0 Å². The predicted molar refractivity (Wildman–Crippen MR) is 133 cm³/mol. The summed E-state index contributed by atoms with van der Waals surface area (Å²) in [5.74, 6) is 0.807. The lowest BCUT2D eigenvalue weighted by atomic mass is 9.33. The van der Waals surface area contributed by atoms with Crippen LogP contribution in [-0.2, 0) is 4.79 Å². The Balaban J connectivity index is 1.60. The number of carboxylic acids is 1. The number of carboxylic acid groups (broad SMARTS) is 1. The van der Waals surface area contributed by atoms with Crippen LogP contribution in [0.25, 0.3) is 0 Å². The van der Waals surface area contributed by atoms with Gasteiger partial charge in [0.25, 0.3) is 0 Å². The lowest BCUT2D eigenvalue weighted by Crippen LogP contribution is -2.65. The summed E-state index contributed by atoms with van der Waals surface area (Å²) in [5.41, 5.74) is 1.68. The molecule has 0 bridgehead atoms. The number of aliphatic hydroxyl groups excluding tert-OH is 1. The molecule has 0 aromatic rings. The molecular weight excluding hydrogens is 408 g/mol. The van der Waals surface area contributed by atoms with E-state index in [1.807, 2.05) is 0 Å². The van der Waals surface area contributed by atoms with Gasteiger partial charge in [-0.15, -0.1) is 0 Å². The first-order valence-corrected chi connectivity index (χ1v) is 13.8. The van der Waals surface area contributed by atoms with Gasteiger partial charge in [-0.25, -0.2) is 0 Å². The van der Waals surface area contributed by atoms with Gasteiger partial charge in [-0.05, 0) is 109 Å². The Morgan fingerprint density at radius 2 is 1.55 bits per heavy atom. The van der Waals surface area contributed by atoms with E-state index in [1.54, 1.807) is 0 Å². The molecule has 0 spiro atoms. The minimum Gasteiger partial charge on any atom is -0.481 e. The van der Waals surface area contributed by atoms with Crippen molar-refractivity contribution in [3.8, 4) is 0 Å². The van der Waals surface area contributed by atoms with Crippen molar-refractivity contribution in [2.24, 2.45) is 50.2 Å². The van der Waals surface area contributed by atoms with E-state index in [4.69, 9.17) is 0 Å². The zero-order valence-electron chi connectivity index (χ0n) is 22.3. The first kappa shape index (κ1) is 23.9. The van der Waals surface area contributed by atoms with Crippen LogP contribution < -0.4 is 0 Å². The zero-order valence-corrected chi connectivity index (χ0v) is 22.3. The van der Waals surface area contributed by atoms with Crippen molar-refractivity contribution in [3.63, 3.8) is 0 Å². The van der Waals surface area contributed by atoms with E-state index in [0.29, 0.717) is 11.8 Å². The molecule has 0 heterocycles. The van der Waals surface area contributed by atoms with Crippen LogP contribution in [0.15, 0.2) is 11.6 Å². The highest BCUT2D eigenvalue weighted by molar-refractivity contribution is 5.76. The molecule has 4 saturated carbocycles. The summed E-state index contributed by atoms with van der Waals surface area (Å²) in [6.45, 7) is 16.9. The van der Waals surface area contributed by atoms with Crippen molar-refractivity contribution >= 4 is 5.97 Å². The van der Waals surface area contributed by atoms with E-state index in [9.17, 15) is 15.0 Å². The monoisotopic (exact) mass is 456 g/mol. The third kappa shape index (κ3) is 2.87. The van der Waals surface area contributed by atoms with Gasteiger partial charge in [-0.3, -0.25) is 4.79 Å². The maximum absolute atomic E-state index is 12.8. The van der Waals surface area contributed by atoms with Gasteiger partial charge in [0, 0.05) is 0 Å². The van der Waals surface area contributed by atoms with Crippen LogP contribution >= 0.6 is 0 Å². The van der Waals surface area contributed by atoms with Crippen LogP contribution in [-0.4, -0.2) is 22.3 Å². The maximum atomic E-state index is 12.8. The van der Waals surface area contributed by atoms with Gasteiger partial charge in [0.15, 0.2) is 0 Å². The van der Waals surface area contributed by atoms with Crippen molar-refractivity contribution in [1.29, 1.82) is 0 Å². The first-order chi connectivity index (χ1) is 15.1. The largest absolute Gasteiger partial charge is 0.481 e. The minimum atomic E-state index is -0.553. The fourth-order valence-electron chi connectivity index (χ4n) is 10.6. The summed E-state index contributed by atoms with van der Waals surface area (Å²) >= 11 is 0. The van der Waals surface area contributed by atoms with Crippen molar-refractivity contribution in [3.05, 3.63) is 11.6 Å². The van der Waals surface area contributed by atoms with E-state index in [-0.39, 0.29) is 39.1 Å². The zero-order chi connectivity index (χ0) is 24.2. The normalized spacial score (nSPS) is 52.4. The summed E-state index contributed by atoms with van der Waals surface area (Å²) < 4.78 is 0. The van der Waals surface area contributed by atoms with Crippen LogP contribution in [0.3, 0.4) is 0 Å². The van der Waals surface area contributed by atoms with E-state index < -0.39 is 11.4 Å². The molecule has 5 aliphatic carbocycles. The Labute approximate surface area is 201 Å². The number of fused-ring (bicyclic) bond motifs is 7. The second-order valence-electron chi connectivity index (χ2n) is 15.1. The fourth-order valence-corrected chi connectivity index (χ4v) is 10.6. The molecule has 0 aromatic carbocycles. The number of hydrogen-bond acceptors (Lipinski definition) is 2. The van der Waals surface area contributed by atoms with Crippen molar-refractivity contribution in [2.45, 2.75) is 119 Å². The van der Waals surface area contributed by atoms with Gasteiger partial charge in [0.2, 0.25) is 0 Å². The average molecular weight is 457 g/mol. The van der Waals surface area contributed by atoms with Gasteiger partial charge in [-0.1, -0.05) is 60.1 Å². The Kier molecular flexibility index (Phi) is 4.99. The molecule has 186 valence electrons. The molecule has 5 rings (SSSR count). The third-order valence-corrected chi connectivity index (χ3v) is 13.0. The molecule has 0 saturated heterocycles. The number of aliphatic hydroxyl groups is 1. The van der Waals surface area contributed by atoms with E-state index in [0.717, 1.165) is 51.4 Å². The highest BCUT2D eigenvalue weighted by Gasteiger charge is 2.69. The molecular formula is C30H48O3. The Bertz CT molecular complexity index is 885. The maximum Gasteiger partial charge on any atom is 0.310 e. The van der Waals surface area contributed by atoms with Crippen LogP contribution in [0.4, 0.5) is 0 Å². The Hall–Kier alpha value is -0.830. The summed E-state index contributed by atoms with van der Waals surface area (Å²) in [6.07, 6.45) is 12.6. The first-order valence-electron chi connectivity index (χ1n) is 13.8. The summed E-state index contributed by atoms with van der Waals surface area (Å²) in [4.78, 5) is 12.8. The van der Waals surface area contributed by atoms with E-state index in [2.05, 4.69) is 54.5 Å². The lowest BCUT2D eigenvalue weighted by Gasteiger charge is -2.71. The van der Waals surface area contributed by atoms with Crippen LogP contribution in [0.1, 0.15) is 113 Å². The molecule has 0 aromatic heterocycles. The van der Waals surface area contributed by atoms with E-state index >= 15 is 0 Å². The quantitative estimate of drug-likeness (QED) is 0.409. The smallest absolute Gasteiger partial charge is 0.310 e. The standard InChI is InChI=1S/C30H48O3/c1-25(2)14-16-30(24(32)33)17-15-28(6)19(20(30)18-25)8-9-22-27(5)12-11-23(31)26(3,4)21(27)10-13-29(22,28)7/h8,20-23,31H,9-18H2,1-7H3,(H,32,33)/t20-,21?,22?,23+,27-,28+,29+,30-/m0/s1. The molecule has 0 radical (unpaired) electrons. The molecule has 33 heavy (non-hydrogen) atoms. The number of hydrogen-bond donors (Lipinski definition) is 2. The molecule has 8 atom stereocenters. The fraction of sp³-hybridized carbons (Fsp3) is 0.900. The van der Waals surface area contributed by atoms with Gasteiger partial charge in [0.05, 0.1) is 11.5 Å².